The van der Waals surface area contributed by atoms with Crippen LogP contribution in [0.3, 0.4) is 0 Å². The summed E-state index contributed by atoms with van der Waals surface area (Å²) in [6.45, 7) is 7.49. The summed E-state index contributed by atoms with van der Waals surface area (Å²) in [5.74, 6) is 0.867. The molecule has 1 saturated heterocycles. The van der Waals surface area contributed by atoms with Gasteiger partial charge in [0.25, 0.3) is 0 Å². The molecule has 1 rings (SSSR count). The van der Waals surface area contributed by atoms with Crippen molar-refractivity contribution in [2.24, 2.45) is 5.92 Å². The predicted molar refractivity (Wildman–Crippen MR) is 67.3 cm³/mol. The lowest BCUT2D eigenvalue weighted by Crippen LogP contribution is -2.48. The SMILES string of the molecule is CCC(CC)C(C)NC1CCCCNC1=O. The van der Waals surface area contributed by atoms with Gasteiger partial charge < -0.3 is 10.6 Å². The summed E-state index contributed by atoms with van der Waals surface area (Å²) in [6, 6.07) is 0.460. The molecule has 3 heteroatoms. The molecule has 0 radical (unpaired) electrons. The fraction of sp³-hybridized carbons (Fsp3) is 0.923. The second-order valence-electron chi connectivity index (χ2n) is 4.87. The second-order valence-corrected chi connectivity index (χ2v) is 4.87. The van der Waals surface area contributed by atoms with Gasteiger partial charge in [0.1, 0.15) is 0 Å². The molecule has 0 aromatic heterocycles. The molecule has 1 aliphatic rings. The molecule has 2 atom stereocenters. The number of nitrogens with one attached hydrogen (secondary N) is 2. The molecule has 3 nitrogen and oxygen atoms in total. The van der Waals surface area contributed by atoms with Gasteiger partial charge in [-0.2, -0.15) is 0 Å². The number of carbonyl (C=O) groups excluding carboxylic acids is 1. The Hall–Kier alpha value is -0.570. The number of carbonyl (C=O) groups is 1. The highest BCUT2D eigenvalue weighted by molar-refractivity contribution is 5.81. The average Bonchev–Trinajstić information content (AvgIpc) is 2.46. The minimum atomic E-state index is 0.0260. The topological polar surface area (TPSA) is 41.1 Å². The summed E-state index contributed by atoms with van der Waals surface area (Å²) >= 11 is 0. The van der Waals surface area contributed by atoms with Gasteiger partial charge in [-0.15, -0.1) is 0 Å². The maximum Gasteiger partial charge on any atom is 0.237 e. The zero-order valence-electron chi connectivity index (χ0n) is 10.9. The van der Waals surface area contributed by atoms with Crippen molar-refractivity contribution in [3.05, 3.63) is 0 Å². The Bertz CT molecular complexity index is 214. The van der Waals surface area contributed by atoms with Crippen LogP contribution in [0, 0.1) is 5.92 Å². The van der Waals surface area contributed by atoms with Crippen LogP contribution >= 0.6 is 0 Å². The van der Waals surface area contributed by atoms with Crippen LogP contribution in [0.15, 0.2) is 0 Å². The highest BCUT2D eigenvalue weighted by Crippen LogP contribution is 2.15. The zero-order valence-corrected chi connectivity index (χ0v) is 10.9. The standard InChI is InChI=1S/C13H26N2O/c1-4-11(5-2)10(3)15-12-8-6-7-9-14-13(12)16/h10-12,15H,4-9H2,1-3H3,(H,14,16). The van der Waals surface area contributed by atoms with E-state index in [2.05, 4.69) is 31.4 Å². The fourth-order valence-electron chi connectivity index (χ4n) is 2.55. The Kier molecular flexibility index (Phi) is 5.81. The Balaban J connectivity index is 2.47. The van der Waals surface area contributed by atoms with E-state index in [0.717, 1.165) is 25.8 Å². The Morgan fingerprint density at radius 1 is 1.38 bits per heavy atom. The molecule has 0 saturated carbocycles. The van der Waals surface area contributed by atoms with Gasteiger partial charge in [0.15, 0.2) is 0 Å². The van der Waals surface area contributed by atoms with E-state index in [0.29, 0.717) is 12.0 Å². The van der Waals surface area contributed by atoms with Crippen LogP contribution in [0.4, 0.5) is 0 Å². The lowest BCUT2D eigenvalue weighted by Gasteiger charge is -2.26. The van der Waals surface area contributed by atoms with Gasteiger partial charge in [-0.25, -0.2) is 0 Å². The first-order valence-corrected chi connectivity index (χ1v) is 6.72. The molecule has 1 amide bonds. The van der Waals surface area contributed by atoms with Gasteiger partial charge in [0.05, 0.1) is 6.04 Å². The molecule has 0 aromatic carbocycles. The van der Waals surface area contributed by atoms with Crippen molar-refractivity contribution in [2.75, 3.05) is 6.54 Å². The van der Waals surface area contributed by atoms with Crippen molar-refractivity contribution in [3.8, 4) is 0 Å². The quantitative estimate of drug-likeness (QED) is 0.753. The molecule has 0 bridgehead atoms. The van der Waals surface area contributed by atoms with Crippen molar-refractivity contribution in [1.29, 1.82) is 0 Å². The van der Waals surface area contributed by atoms with E-state index in [9.17, 15) is 4.79 Å². The van der Waals surface area contributed by atoms with Crippen LogP contribution in [0.2, 0.25) is 0 Å². The number of hydrogen-bond donors (Lipinski definition) is 2. The summed E-state index contributed by atoms with van der Waals surface area (Å²) in [6.07, 6.45) is 5.60. The first kappa shape index (κ1) is 13.5. The summed E-state index contributed by atoms with van der Waals surface area (Å²) in [5, 5.41) is 6.47. The third-order valence-corrected chi connectivity index (χ3v) is 3.76. The minimum Gasteiger partial charge on any atom is -0.355 e. The van der Waals surface area contributed by atoms with Crippen LogP contribution in [0.25, 0.3) is 0 Å². The van der Waals surface area contributed by atoms with E-state index in [1.54, 1.807) is 0 Å². The molecule has 1 heterocycles. The fourth-order valence-corrected chi connectivity index (χ4v) is 2.55. The van der Waals surface area contributed by atoms with E-state index in [-0.39, 0.29) is 11.9 Å². The Morgan fingerprint density at radius 2 is 2.06 bits per heavy atom. The number of hydrogen-bond acceptors (Lipinski definition) is 2. The minimum absolute atomic E-state index is 0.0260. The van der Waals surface area contributed by atoms with E-state index in [1.807, 2.05) is 0 Å². The maximum absolute atomic E-state index is 11.8. The van der Waals surface area contributed by atoms with Crippen molar-refractivity contribution < 1.29 is 4.79 Å². The third kappa shape index (κ3) is 3.78. The van der Waals surface area contributed by atoms with Crippen LogP contribution in [0.5, 0.6) is 0 Å². The van der Waals surface area contributed by atoms with Gasteiger partial charge in [-0.1, -0.05) is 26.7 Å². The lowest BCUT2D eigenvalue weighted by molar-refractivity contribution is -0.123. The highest BCUT2D eigenvalue weighted by Gasteiger charge is 2.24. The van der Waals surface area contributed by atoms with Gasteiger partial charge in [0, 0.05) is 12.6 Å². The van der Waals surface area contributed by atoms with Gasteiger partial charge in [-0.05, 0) is 32.1 Å². The lowest BCUT2D eigenvalue weighted by atomic mass is 9.94. The van der Waals surface area contributed by atoms with Gasteiger partial charge >= 0.3 is 0 Å². The first-order chi connectivity index (χ1) is 7.69. The predicted octanol–water partition coefficient (Wildman–Crippen LogP) is 2.07. The Morgan fingerprint density at radius 3 is 2.69 bits per heavy atom. The van der Waals surface area contributed by atoms with Crippen molar-refractivity contribution >= 4 is 5.91 Å². The second kappa shape index (κ2) is 6.89. The summed E-state index contributed by atoms with van der Waals surface area (Å²) in [7, 11) is 0. The van der Waals surface area contributed by atoms with E-state index >= 15 is 0 Å². The smallest absolute Gasteiger partial charge is 0.237 e. The number of amides is 1. The monoisotopic (exact) mass is 226 g/mol. The van der Waals surface area contributed by atoms with Crippen LogP contribution in [-0.2, 0) is 4.79 Å². The maximum atomic E-state index is 11.8. The molecular formula is C13H26N2O. The van der Waals surface area contributed by atoms with Crippen LogP contribution in [0.1, 0.15) is 52.9 Å². The molecule has 0 spiro atoms. The molecule has 2 unspecified atom stereocenters. The average molecular weight is 226 g/mol. The van der Waals surface area contributed by atoms with E-state index in [4.69, 9.17) is 0 Å². The molecule has 0 aromatic rings. The van der Waals surface area contributed by atoms with Crippen molar-refractivity contribution in [3.63, 3.8) is 0 Å². The first-order valence-electron chi connectivity index (χ1n) is 6.72. The van der Waals surface area contributed by atoms with Crippen molar-refractivity contribution in [1.82, 2.24) is 10.6 Å². The normalized spacial score (nSPS) is 24.0. The molecule has 2 N–H and O–H groups in total. The van der Waals surface area contributed by atoms with Crippen LogP contribution < -0.4 is 10.6 Å². The summed E-state index contributed by atoms with van der Waals surface area (Å²) < 4.78 is 0. The van der Waals surface area contributed by atoms with Gasteiger partial charge in [0.2, 0.25) is 5.91 Å². The zero-order chi connectivity index (χ0) is 12.0. The molecule has 1 fully saturated rings. The number of rotatable bonds is 5. The highest BCUT2D eigenvalue weighted by atomic mass is 16.2. The van der Waals surface area contributed by atoms with E-state index in [1.165, 1.54) is 12.8 Å². The largest absolute Gasteiger partial charge is 0.355 e. The van der Waals surface area contributed by atoms with Crippen molar-refractivity contribution in [2.45, 2.75) is 65.0 Å². The molecular weight excluding hydrogens is 200 g/mol. The summed E-state index contributed by atoms with van der Waals surface area (Å²) in [4.78, 5) is 11.8. The van der Waals surface area contributed by atoms with Crippen LogP contribution in [-0.4, -0.2) is 24.5 Å². The van der Waals surface area contributed by atoms with Gasteiger partial charge in [-0.3, -0.25) is 4.79 Å². The van der Waals surface area contributed by atoms with E-state index < -0.39 is 0 Å². The third-order valence-electron chi connectivity index (χ3n) is 3.76. The summed E-state index contributed by atoms with van der Waals surface area (Å²) in [5.41, 5.74) is 0. The molecule has 94 valence electrons. The molecule has 1 aliphatic heterocycles. The Labute approximate surface area is 99.4 Å². The molecule has 0 aliphatic carbocycles. The molecule has 16 heavy (non-hydrogen) atoms.